The highest BCUT2D eigenvalue weighted by Crippen LogP contribution is 2.39. The number of rotatable bonds is 6. The van der Waals surface area contributed by atoms with Gasteiger partial charge in [0.25, 0.3) is 0 Å². The van der Waals surface area contributed by atoms with Gasteiger partial charge in [-0.05, 0) is 54.3 Å². The number of hydrogen-bond acceptors (Lipinski definition) is 4. The van der Waals surface area contributed by atoms with Crippen LogP contribution in [0.1, 0.15) is 34.1 Å². The number of hydrogen-bond donors (Lipinski definition) is 1. The Labute approximate surface area is 188 Å². The van der Waals surface area contributed by atoms with Crippen molar-refractivity contribution in [2.75, 3.05) is 20.1 Å². The van der Waals surface area contributed by atoms with Gasteiger partial charge >= 0.3 is 0 Å². The molecular weight excluding hydrogens is 427 g/mol. The summed E-state index contributed by atoms with van der Waals surface area (Å²) in [5.74, 6) is 0.224. The molecule has 8 heteroatoms. The molecule has 2 atom stereocenters. The van der Waals surface area contributed by atoms with Crippen molar-refractivity contribution < 1.29 is 12.8 Å². The van der Waals surface area contributed by atoms with Crippen molar-refractivity contribution in [1.82, 2.24) is 19.4 Å². The molecule has 1 fully saturated rings. The third-order valence-electron chi connectivity index (χ3n) is 6.85. The van der Waals surface area contributed by atoms with Gasteiger partial charge in [0.15, 0.2) is 0 Å². The topological polar surface area (TPSA) is 67.2 Å². The van der Waals surface area contributed by atoms with Crippen molar-refractivity contribution in [1.29, 1.82) is 0 Å². The van der Waals surface area contributed by atoms with Gasteiger partial charge in [0.2, 0.25) is 10.0 Å². The molecule has 0 bridgehead atoms. The molecule has 2 heterocycles. The number of nitrogens with one attached hydrogen (secondary N) is 1. The fourth-order valence-corrected chi connectivity index (χ4v) is 6.51. The van der Waals surface area contributed by atoms with Gasteiger partial charge in [0.1, 0.15) is 10.7 Å². The van der Waals surface area contributed by atoms with Gasteiger partial charge in [-0.3, -0.25) is 4.68 Å². The number of halogens is 1. The zero-order chi connectivity index (χ0) is 22.5. The second kappa shape index (κ2) is 8.10. The first-order valence-electron chi connectivity index (χ1n) is 10.9. The standard InChI is InChI=1S/C24H27FN4O2S/c1-26-24-11-18-7-6-17(10-22(18)23(24)9-16-4-3-5-20(25)8-16)19-13-29(14-19)32(30,31)21-12-27-28(2)15-21/h3-8,10,12,15,19,23-24,26H,9,11,13-14H2,1-2H3. The van der Waals surface area contributed by atoms with Gasteiger partial charge in [-0.1, -0.05) is 30.3 Å². The zero-order valence-electron chi connectivity index (χ0n) is 18.2. The SMILES string of the molecule is CNC1Cc2ccc(C3CN(S(=O)(=O)c4cnn(C)c4)C3)cc2C1Cc1cccc(F)c1. The summed E-state index contributed by atoms with van der Waals surface area (Å²) in [6.07, 6.45) is 4.64. The first-order chi connectivity index (χ1) is 15.3. The van der Waals surface area contributed by atoms with Crippen LogP contribution in [0.15, 0.2) is 59.8 Å². The number of fused-ring (bicyclic) bond motifs is 1. The van der Waals surface area contributed by atoms with E-state index < -0.39 is 10.0 Å². The van der Waals surface area contributed by atoms with Crippen molar-refractivity contribution in [2.45, 2.75) is 35.6 Å². The lowest BCUT2D eigenvalue weighted by Gasteiger charge is -2.38. The maximum absolute atomic E-state index is 13.7. The third kappa shape index (κ3) is 3.76. The summed E-state index contributed by atoms with van der Waals surface area (Å²) in [6.45, 7) is 0.945. The fraction of sp³-hybridized carbons (Fsp3) is 0.375. The van der Waals surface area contributed by atoms with Crippen LogP contribution in [0, 0.1) is 5.82 Å². The van der Waals surface area contributed by atoms with Crippen molar-refractivity contribution >= 4 is 10.0 Å². The van der Waals surface area contributed by atoms with Gasteiger partial charge in [-0.2, -0.15) is 9.40 Å². The highest BCUT2D eigenvalue weighted by atomic mass is 32.2. The number of aryl methyl sites for hydroxylation is 1. The molecule has 0 spiro atoms. The van der Waals surface area contributed by atoms with Crippen LogP contribution in [-0.4, -0.2) is 48.7 Å². The van der Waals surface area contributed by atoms with Crippen LogP contribution in [0.25, 0.3) is 0 Å². The average molecular weight is 455 g/mol. The van der Waals surface area contributed by atoms with Crippen molar-refractivity contribution in [2.24, 2.45) is 7.05 Å². The van der Waals surface area contributed by atoms with Gasteiger partial charge in [0, 0.05) is 44.2 Å². The first kappa shape index (κ1) is 21.3. The molecule has 0 amide bonds. The second-order valence-electron chi connectivity index (χ2n) is 8.87. The largest absolute Gasteiger partial charge is 0.316 e. The summed E-state index contributed by atoms with van der Waals surface area (Å²) < 4.78 is 42.3. The van der Waals surface area contributed by atoms with Crippen LogP contribution >= 0.6 is 0 Å². The molecule has 1 aliphatic carbocycles. The minimum absolute atomic E-state index is 0.176. The Morgan fingerprint density at radius 3 is 2.69 bits per heavy atom. The van der Waals surface area contributed by atoms with Crippen molar-refractivity contribution in [3.05, 3.63) is 82.9 Å². The minimum Gasteiger partial charge on any atom is -0.316 e. The third-order valence-corrected chi connectivity index (χ3v) is 8.63. The Bertz CT molecular complexity index is 1250. The van der Waals surface area contributed by atoms with Gasteiger partial charge in [-0.25, -0.2) is 12.8 Å². The molecule has 1 aromatic heterocycles. The van der Waals surface area contributed by atoms with Crippen molar-refractivity contribution in [3.63, 3.8) is 0 Å². The summed E-state index contributed by atoms with van der Waals surface area (Å²) >= 11 is 0. The van der Waals surface area contributed by atoms with E-state index in [0.29, 0.717) is 19.1 Å². The predicted molar refractivity (Wildman–Crippen MR) is 121 cm³/mol. The number of aromatic nitrogens is 2. The second-order valence-corrected chi connectivity index (χ2v) is 10.8. The Balaban J connectivity index is 1.35. The fourth-order valence-electron chi connectivity index (χ4n) is 4.99. The molecule has 0 radical (unpaired) electrons. The lowest BCUT2D eigenvalue weighted by molar-refractivity contribution is 0.264. The lowest BCUT2D eigenvalue weighted by atomic mass is 9.87. The number of nitrogens with zero attached hydrogens (tertiary/aromatic N) is 3. The van der Waals surface area contributed by atoms with E-state index in [1.807, 2.05) is 13.1 Å². The Morgan fingerprint density at radius 2 is 2.00 bits per heavy atom. The van der Waals surface area contributed by atoms with Crippen LogP contribution in [0.2, 0.25) is 0 Å². The van der Waals surface area contributed by atoms with Gasteiger partial charge in [0.05, 0.1) is 6.20 Å². The summed E-state index contributed by atoms with van der Waals surface area (Å²) in [4.78, 5) is 0.236. The zero-order valence-corrected chi connectivity index (χ0v) is 19.0. The van der Waals surface area contributed by atoms with Crippen LogP contribution in [-0.2, 0) is 29.9 Å². The summed E-state index contributed by atoms with van der Waals surface area (Å²) in [5.41, 5.74) is 4.77. The summed E-state index contributed by atoms with van der Waals surface area (Å²) in [5, 5.41) is 7.42. The molecule has 1 aliphatic heterocycles. The highest BCUT2D eigenvalue weighted by Gasteiger charge is 2.39. The Morgan fingerprint density at radius 1 is 1.19 bits per heavy atom. The van der Waals surface area contributed by atoms with Crippen molar-refractivity contribution in [3.8, 4) is 0 Å². The number of likely N-dealkylation sites (N-methyl/N-ethyl adjacent to an activating group) is 1. The van der Waals surface area contributed by atoms with E-state index in [1.54, 1.807) is 19.2 Å². The lowest BCUT2D eigenvalue weighted by Crippen LogP contribution is -2.48. The normalized spacial score (nSPS) is 21.5. The van der Waals surface area contributed by atoms with E-state index in [1.165, 1.54) is 44.1 Å². The minimum atomic E-state index is -3.50. The molecule has 2 unspecified atom stereocenters. The van der Waals surface area contributed by atoms with E-state index in [9.17, 15) is 12.8 Å². The maximum atomic E-state index is 13.7. The Hall–Kier alpha value is -2.55. The maximum Gasteiger partial charge on any atom is 0.246 e. The molecular formula is C24H27FN4O2S. The number of benzene rings is 2. The van der Waals surface area contributed by atoms with E-state index in [-0.39, 0.29) is 22.5 Å². The molecule has 32 heavy (non-hydrogen) atoms. The predicted octanol–water partition coefficient (Wildman–Crippen LogP) is 2.82. The summed E-state index contributed by atoms with van der Waals surface area (Å²) in [7, 11) is 0.187. The first-order valence-corrected chi connectivity index (χ1v) is 12.3. The quantitative estimate of drug-likeness (QED) is 0.622. The van der Waals surface area contributed by atoms with Gasteiger partial charge in [-0.15, -0.1) is 0 Å². The molecule has 6 nitrogen and oxygen atoms in total. The van der Waals surface area contributed by atoms with Crippen LogP contribution < -0.4 is 5.32 Å². The van der Waals surface area contributed by atoms with Crippen LogP contribution in [0.3, 0.4) is 0 Å². The van der Waals surface area contributed by atoms with E-state index in [4.69, 9.17) is 0 Å². The molecule has 1 N–H and O–H groups in total. The summed E-state index contributed by atoms with van der Waals surface area (Å²) in [6, 6.07) is 13.7. The average Bonchev–Trinajstić information content (AvgIpc) is 3.31. The Kier molecular flexibility index (Phi) is 5.39. The molecule has 5 rings (SSSR count). The van der Waals surface area contributed by atoms with Crippen LogP contribution in [0.4, 0.5) is 4.39 Å². The molecule has 168 valence electrons. The van der Waals surface area contributed by atoms with Gasteiger partial charge < -0.3 is 5.32 Å². The smallest absolute Gasteiger partial charge is 0.246 e. The van der Waals surface area contributed by atoms with E-state index in [2.05, 4.69) is 28.6 Å². The molecule has 1 saturated heterocycles. The molecule has 2 aliphatic rings. The van der Waals surface area contributed by atoms with E-state index >= 15 is 0 Å². The molecule has 3 aromatic rings. The highest BCUT2D eigenvalue weighted by molar-refractivity contribution is 7.89. The van der Waals surface area contributed by atoms with Crippen LogP contribution in [0.5, 0.6) is 0 Å². The number of sulfonamides is 1. The monoisotopic (exact) mass is 454 g/mol. The van der Waals surface area contributed by atoms with E-state index in [0.717, 1.165) is 18.4 Å². The molecule has 2 aromatic carbocycles. The molecule has 0 saturated carbocycles.